The van der Waals surface area contributed by atoms with E-state index in [1.54, 1.807) is 15.6 Å². The van der Waals surface area contributed by atoms with E-state index in [4.69, 9.17) is 4.74 Å². The minimum absolute atomic E-state index is 0.223. The van der Waals surface area contributed by atoms with Crippen LogP contribution in [0, 0.1) is 5.92 Å². The summed E-state index contributed by atoms with van der Waals surface area (Å²) < 4.78 is 7.58. The number of nitrogens with one attached hydrogen (secondary N) is 1. The van der Waals surface area contributed by atoms with Gasteiger partial charge in [0.05, 0.1) is 23.5 Å². The highest BCUT2D eigenvalue weighted by atomic mass is 16.5. The lowest BCUT2D eigenvalue weighted by Crippen LogP contribution is -2.49. The van der Waals surface area contributed by atoms with Gasteiger partial charge in [0.2, 0.25) is 5.91 Å². The smallest absolute Gasteiger partial charge is 0.328 e. The Hall–Kier alpha value is -2.45. The number of urea groups is 1. The molecule has 0 spiro atoms. The molecule has 1 atom stereocenters. The van der Waals surface area contributed by atoms with Gasteiger partial charge in [0, 0.05) is 32.3 Å². The molecule has 0 radical (unpaired) electrons. The average molecular weight is 412 g/mol. The van der Waals surface area contributed by atoms with Crippen molar-refractivity contribution in [1.82, 2.24) is 19.8 Å². The largest absolute Gasteiger partial charge is 0.377 e. The summed E-state index contributed by atoms with van der Waals surface area (Å²) in [4.78, 5) is 27.9. The molecule has 3 aliphatic rings. The predicted octanol–water partition coefficient (Wildman–Crippen LogP) is 2.21. The molecule has 1 unspecified atom stereocenters. The highest BCUT2D eigenvalue weighted by molar-refractivity contribution is 6.07. The Morgan fingerprint density at radius 2 is 2.03 bits per heavy atom. The number of anilines is 1. The number of likely N-dealkylation sites (tertiary alicyclic amines) is 1. The second kappa shape index (κ2) is 8.35. The molecule has 0 bridgehead atoms. The van der Waals surface area contributed by atoms with Crippen molar-refractivity contribution < 1.29 is 14.3 Å². The zero-order valence-corrected chi connectivity index (χ0v) is 17.3. The van der Waals surface area contributed by atoms with Gasteiger partial charge in [-0.25, -0.2) is 9.31 Å². The second-order valence-corrected chi connectivity index (χ2v) is 8.73. The van der Waals surface area contributed by atoms with Crippen LogP contribution in [0.4, 0.5) is 10.5 Å². The van der Waals surface area contributed by atoms with Crippen LogP contribution in [0.25, 0.3) is 5.52 Å². The first-order valence-corrected chi connectivity index (χ1v) is 11.1. The van der Waals surface area contributed by atoms with Crippen molar-refractivity contribution >= 4 is 23.1 Å². The lowest BCUT2D eigenvalue weighted by atomic mass is 9.90. The molecule has 2 aromatic rings. The molecule has 3 amide bonds. The van der Waals surface area contributed by atoms with Gasteiger partial charge in [0.25, 0.3) is 0 Å². The Bertz CT molecular complexity index is 928. The Kier molecular flexibility index (Phi) is 5.43. The number of piperidine rings is 1. The Morgan fingerprint density at radius 1 is 1.17 bits per heavy atom. The Labute approximate surface area is 176 Å². The molecule has 0 saturated carbocycles. The normalized spacial score (nSPS) is 24.0. The quantitative estimate of drug-likeness (QED) is 0.816. The van der Waals surface area contributed by atoms with Crippen LogP contribution in [-0.4, -0.2) is 65.3 Å². The molecule has 2 aromatic heterocycles. The fourth-order valence-corrected chi connectivity index (χ4v) is 4.92. The molecule has 0 aromatic carbocycles. The van der Waals surface area contributed by atoms with Crippen LogP contribution in [0.3, 0.4) is 0 Å². The first-order chi connectivity index (χ1) is 14.7. The summed E-state index contributed by atoms with van der Waals surface area (Å²) >= 11 is 0. The predicted molar refractivity (Wildman–Crippen MR) is 113 cm³/mol. The molecule has 3 fully saturated rings. The molecule has 0 aliphatic carbocycles. The number of carbonyl (C=O) groups excluding carboxylic acids is 2. The van der Waals surface area contributed by atoms with Crippen molar-refractivity contribution in [2.45, 2.75) is 44.6 Å². The number of pyridine rings is 1. The van der Waals surface area contributed by atoms with Gasteiger partial charge in [-0.15, -0.1) is 0 Å². The maximum atomic E-state index is 12.2. The third kappa shape index (κ3) is 4.06. The van der Waals surface area contributed by atoms with Gasteiger partial charge < -0.3 is 9.64 Å². The summed E-state index contributed by atoms with van der Waals surface area (Å²) in [6, 6.07) is 3.90. The van der Waals surface area contributed by atoms with E-state index in [0.717, 1.165) is 43.9 Å². The Balaban J connectivity index is 1.23. The molecular formula is C22H29N5O3. The maximum absolute atomic E-state index is 12.2. The van der Waals surface area contributed by atoms with Crippen molar-refractivity contribution in [2.24, 2.45) is 5.92 Å². The molecular weight excluding hydrogens is 382 g/mol. The fourth-order valence-electron chi connectivity index (χ4n) is 4.92. The number of aromatic nitrogens is 2. The molecule has 3 saturated heterocycles. The van der Waals surface area contributed by atoms with Gasteiger partial charge in [-0.2, -0.15) is 5.10 Å². The van der Waals surface area contributed by atoms with E-state index in [-0.39, 0.29) is 11.9 Å². The van der Waals surface area contributed by atoms with Crippen LogP contribution in [0.2, 0.25) is 0 Å². The van der Waals surface area contributed by atoms with Gasteiger partial charge in [-0.1, -0.05) is 0 Å². The molecule has 5 heterocycles. The van der Waals surface area contributed by atoms with Crippen molar-refractivity contribution in [1.29, 1.82) is 0 Å². The molecule has 30 heavy (non-hydrogen) atoms. The average Bonchev–Trinajstić information content (AvgIpc) is 3.39. The Morgan fingerprint density at radius 3 is 2.80 bits per heavy atom. The first-order valence-electron chi connectivity index (χ1n) is 11.1. The van der Waals surface area contributed by atoms with Crippen molar-refractivity contribution in [3.05, 3.63) is 30.1 Å². The summed E-state index contributed by atoms with van der Waals surface area (Å²) in [7, 11) is 0. The number of imide groups is 1. The van der Waals surface area contributed by atoms with E-state index in [1.807, 2.05) is 6.20 Å². The van der Waals surface area contributed by atoms with E-state index >= 15 is 0 Å². The molecule has 5 rings (SSSR count). The van der Waals surface area contributed by atoms with E-state index in [9.17, 15) is 9.59 Å². The number of carbonyl (C=O) groups is 2. The van der Waals surface area contributed by atoms with Gasteiger partial charge >= 0.3 is 6.03 Å². The number of ether oxygens (including phenoxy) is 1. The number of hydrogen-bond donors (Lipinski definition) is 1. The van der Waals surface area contributed by atoms with Gasteiger partial charge in [-0.3, -0.25) is 15.0 Å². The van der Waals surface area contributed by atoms with Gasteiger partial charge in [0.15, 0.2) is 0 Å². The first kappa shape index (κ1) is 19.5. The second-order valence-electron chi connectivity index (χ2n) is 8.73. The number of rotatable bonds is 5. The van der Waals surface area contributed by atoms with Crippen molar-refractivity contribution in [3.8, 4) is 0 Å². The summed E-state index contributed by atoms with van der Waals surface area (Å²) in [6.07, 6.45) is 10.3. The van der Waals surface area contributed by atoms with E-state index in [2.05, 4.69) is 27.4 Å². The molecule has 160 valence electrons. The minimum Gasteiger partial charge on any atom is -0.377 e. The van der Waals surface area contributed by atoms with Crippen LogP contribution >= 0.6 is 0 Å². The van der Waals surface area contributed by atoms with Crippen LogP contribution in [0.15, 0.2) is 24.5 Å². The lowest BCUT2D eigenvalue weighted by molar-refractivity contribution is -0.120. The summed E-state index contributed by atoms with van der Waals surface area (Å²) in [5.41, 5.74) is 2.94. The molecule has 1 N–H and O–H groups in total. The monoisotopic (exact) mass is 411 g/mol. The van der Waals surface area contributed by atoms with E-state index in [0.29, 0.717) is 25.0 Å². The van der Waals surface area contributed by atoms with Gasteiger partial charge in [-0.05, 0) is 68.8 Å². The van der Waals surface area contributed by atoms with Crippen LogP contribution in [0.5, 0.6) is 0 Å². The van der Waals surface area contributed by atoms with Crippen molar-refractivity contribution in [2.75, 3.05) is 37.7 Å². The van der Waals surface area contributed by atoms with Gasteiger partial charge in [0.1, 0.15) is 0 Å². The number of amides is 3. The van der Waals surface area contributed by atoms with Crippen LogP contribution < -0.4 is 10.2 Å². The fraction of sp³-hybridized carbons (Fsp3) is 0.591. The lowest BCUT2D eigenvalue weighted by Gasteiger charge is -2.33. The maximum Gasteiger partial charge on any atom is 0.328 e. The number of hydrogen-bond acceptors (Lipinski definition) is 5. The highest BCUT2D eigenvalue weighted by Gasteiger charge is 2.27. The number of nitrogens with zero attached hydrogens (tertiary/aromatic N) is 4. The number of fused-ring (bicyclic) bond motifs is 1. The SMILES string of the molecule is O=C1CCN(c2cnn3ccc(CC4CCN(CC5CCCO5)CC4)cc23)C(=O)N1. The molecule has 8 nitrogen and oxygen atoms in total. The third-order valence-electron chi connectivity index (χ3n) is 6.63. The van der Waals surface area contributed by atoms with Crippen molar-refractivity contribution in [3.63, 3.8) is 0 Å². The van der Waals surface area contributed by atoms with E-state index in [1.165, 1.54) is 31.2 Å². The van der Waals surface area contributed by atoms with E-state index < -0.39 is 0 Å². The molecule has 8 heteroatoms. The highest BCUT2D eigenvalue weighted by Crippen LogP contribution is 2.27. The zero-order valence-electron chi connectivity index (χ0n) is 17.3. The standard InChI is InChI=1S/C22H29N5O3/c28-21-6-9-26(22(29)24-21)20-14-23-27-10-5-17(13-19(20)27)12-16-3-7-25(8-4-16)15-18-2-1-11-30-18/h5,10,13-14,16,18H,1-4,6-9,11-12,15H2,(H,24,28,29). The summed E-state index contributed by atoms with van der Waals surface area (Å²) in [6.45, 7) is 4.69. The van der Waals surface area contributed by atoms with Crippen LogP contribution in [-0.2, 0) is 16.0 Å². The summed E-state index contributed by atoms with van der Waals surface area (Å²) in [5.74, 6) is 0.453. The van der Waals surface area contributed by atoms with Crippen LogP contribution in [0.1, 0.15) is 37.7 Å². The minimum atomic E-state index is -0.370. The topological polar surface area (TPSA) is 79.2 Å². The third-order valence-corrected chi connectivity index (χ3v) is 6.63. The molecule has 3 aliphatic heterocycles. The summed E-state index contributed by atoms with van der Waals surface area (Å²) in [5, 5.41) is 6.78. The zero-order chi connectivity index (χ0) is 20.5.